The van der Waals surface area contributed by atoms with Crippen molar-refractivity contribution in [3.8, 4) is 0 Å². The van der Waals surface area contributed by atoms with E-state index in [1.165, 1.54) is 12.1 Å². The van der Waals surface area contributed by atoms with Gasteiger partial charge in [-0.15, -0.1) is 0 Å². The Hall–Kier alpha value is -1.96. The summed E-state index contributed by atoms with van der Waals surface area (Å²) in [5.41, 5.74) is 0.761. The van der Waals surface area contributed by atoms with E-state index in [9.17, 15) is 22.4 Å². The molecule has 2 aliphatic heterocycles. The third-order valence-corrected chi connectivity index (χ3v) is 6.88. The van der Waals surface area contributed by atoms with Gasteiger partial charge in [0.05, 0.1) is 17.9 Å². The van der Waals surface area contributed by atoms with Gasteiger partial charge in [0, 0.05) is 32.6 Å². The van der Waals surface area contributed by atoms with E-state index in [1.54, 1.807) is 21.9 Å². The van der Waals surface area contributed by atoms with E-state index in [4.69, 9.17) is 0 Å². The maximum atomic E-state index is 12.9. The fraction of sp³-hybridized carbons (Fsp3) is 0.556. The number of piperazine rings is 1. The first-order valence-corrected chi connectivity index (χ1v) is 10.6. The van der Waals surface area contributed by atoms with Crippen molar-refractivity contribution in [1.29, 1.82) is 0 Å². The molecule has 1 atom stereocenters. The number of halogens is 1. The Morgan fingerprint density at radius 2 is 1.58 bits per heavy atom. The Morgan fingerprint density at radius 3 is 2.12 bits per heavy atom. The van der Waals surface area contributed by atoms with Gasteiger partial charge >= 0.3 is 0 Å². The van der Waals surface area contributed by atoms with E-state index in [1.807, 2.05) is 0 Å². The standard InChI is InChI=1S/C18H23FN2O4S/c19-16-3-1-14(2-4-16)11-17(22)20-6-8-21(9-7-20)18(23)12-15-5-10-26(24,25)13-15/h1-4,15H,5-13H2. The molecule has 2 saturated heterocycles. The molecule has 0 aromatic heterocycles. The van der Waals surface area contributed by atoms with Crippen molar-refractivity contribution in [2.75, 3.05) is 37.7 Å². The second-order valence-corrected chi connectivity index (χ2v) is 9.27. The van der Waals surface area contributed by atoms with Crippen LogP contribution in [0.4, 0.5) is 4.39 Å². The minimum atomic E-state index is -2.97. The van der Waals surface area contributed by atoms with Crippen LogP contribution in [-0.2, 0) is 25.8 Å². The van der Waals surface area contributed by atoms with Crippen molar-refractivity contribution >= 4 is 21.7 Å². The van der Waals surface area contributed by atoms with Crippen molar-refractivity contribution in [3.63, 3.8) is 0 Å². The Kier molecular flexibility index (Phi) is 5.60. The van der Waals surface area contributed by atoms with Gasteiger partial charge in [-0.05, 0) is 30.0 Å². The average molecular weight is 382 g/mol. The Bertz CT molecular complexity index is 771. The van der Waals surface area contributed by atoms with Crippen LogP contribution in [0.15, 0.2) is 24.3 Å². The van der Waals surface area contributed by atoms with Crippen molar-refractivity contribution in [2.24, 2.45) is 5.92 Å². The fourth-order valence-corrected chi connectivity index (χ4v) is 5.36. The van der Waals surface area contributed by atoms with Gasteiger partial charge in [0.15, 0.2) is 9.84 Å². The second kappa shape index (κ2) is 7.73. The zero-order valence-electron chi connectivity index (χ0n) is 14.6. The number of sulfone groups is 1. The van der Waals surface area contributed by atoms with Gasteiger partial charge in [0.2, 0.25) is 11.8 Å². The molecule has 1 unspecified atom stereocenters. The van der Waals surface area contributed by atoms with Crippen LogP contribution in [0, 0.1) is 11.7 Å². The van der Waals surface area contributed by atoms with Crippen LogP contribution in [0.2, 0.25) is 0 Å². The molecule has 0 spiro atoms. The first-order chi connectivity index (χ1) is 12.3. The van der Waals surface area contributed by atoms with Gasteiger partial charge in [-0.1, -0.05) is 12.1 Å². The van der Waals surface area contributed by atoms with Crippen LogP contribution in [0.3, 0.4) is 0 Å². The van der Waals surface area contributed by atoms with Crippen LogP contribution in [0.1, 0.15) is 18.4 Å². The van der Waals surface area contributed by atoms with Crippen LogP contribution < -0.4 is 0 Å². The molecule has 3 rings (SSSR count). The molecule has 142 valence electrons. The monoisotopic (exact) mass is 382 g/mol. The van der Waals surface area contributed by atoms with Crippen molar-refractivity contribution in [2.45, 2.75) is 19.3 Å². The minimum absolute atomic E-state index is 0.0299. The first-order valence-electron chi connectivity index (χ1n) is 8.83. The number of nitrogens with zero attached hydrogens (tertiary/aromatic N) is 2. The van der Waals surface area contributed by atoms with Crippen molar-refractivity contribution in [3.05, 3.63) is 35.6 Å². The second-order valence-electron chi connectivity index (χ2n) is 7.04. The average Bonchev–Trinajstić information content (AvgIpc) is 2.95. The number of carbonyl (C=O) groups excluding carboxylic acids is 2. The lowest BCUT2D eigenvalue weighted by Crippen LogP contribution is -2.51. The predicted octanol–water partition coefficient (Wildman–Crippen LogP) is 0.864. The molecule has 0 radical (unpaired) electrons. The third kappa shape index (κ3) is 4.81. The third-order valence-electron chi connectivity index (χ3n) is 5.04. The highest BCUT2D eigenvalue weighted by atomic mass is 32.2. The summed E-state index contributed by atoms with van der Waals surface area (Å²) in [4.78, 5) is 28.1. The summed E-state index contributed by atoms with van der Waals surface area (Å²) in [6.45, 7) is 1.87. The highest BCUT2D eigenvalue weighted by Crippen LogP contribution is 2.22. The normalized spacial score (nSPS) is 22.4. The SMILES string of the molecule is O=C(Cc1ccc(F)cc1)N1CCN(C(=O)CC2CCS(=O)(=O)C2)CC1. The van der Waals surface area contributed by atoms with Gasteiger partial charge < -0.3 is 9.80 Å². The molecule has 0 bridgehead atoms. The number of rotatable bonds is 4. The smallest absolute Gasteiger partial charge is 0.227 e. The fourth-order valence-electron chi connectivity index (χ4n) is 3.50. The van der Waals surface area contributed by atoms with Gasteiger partial charge in [-0.25, -0.2) is 12.8 Å². The Morgan fingerprint density at radius 1 is 1.00 bits per heavy atom. The van der Waals surface area contributed by atoms with Crippen LogP contribution in [0.5, 0.6) is 0 Å². The van der Waals surface area contributed by atoms with Gasteiger partial charge in [-0.3, -0.25) is 9.59 Å². The largest absolute Gasteiger partial charge is 0.339 e. The van der Waals surface area contributed by atoms with Gasteiger partial charge in [0.25, 0.3) is 0 Å². The molecular weight excluding hydrogens is 359 g/mol. The molecule has 0 aliphatic carbocycles. The molecule has 6 nitrogen and oxygen atoms in total. The lowest BCUT2D eigenvalue weighted by Gasteiger charge is -2.35. The molecule has 1 aromatic carbocycles. The molecule has 1 aromatic rings. The van der Waals surface area contributed by atoms with Crippen LogP contribution in [-0.4, -0.2) is 67.7 Å². The molecular formula is C18H23FN2O4S. The van der Waals surface area contributed by atoms with Gasteiger partial charge in [-0.2, -0.15) is 0 Å². The zero-order chi connectivity index (χ0) is 18.7. The van der Waals surface area contributed by atoms with Crippen molar-refractivity contribution < 1.29 is 22.4 Å². The summed E-state index contributed by atoms with van der Waals surface area (Å²) in [5.74, 6) is -0.191. The topological polar surface area (TPSA) is 74.8 Å². The van der Waals surface area contributed by atoms with E-state index in [0.717, 1.165) is 5.56 Å². The summed E-state index contributed by atoms with van der Waals surface area (Å²) in [7, 11) is -2.97. The number of benzene rings is 1. The highest BCUT2D eigenvalue weighted by molar-refractivity contribution is 7.91. The number of carbonyl (C=O) groups is 2. The molecule has 2 fully saturated rings. The summed E-state index contributed by atoms with van der Waals surface area (Å²) in [5, 5.41) is 0. The minimum Gasteiger partial charge on any atom is -0.339 e. The molecule has 26 heavy (non-hydrogen) atoms. The van der Waals surface area contributed by atoms with Crippen LogP contribution >= 0.6 is 0 Å². The Balaban J connectivity index is 1.45. The number of amides is 2. The van der Waals surface area contributed by atoms with E-state index in [0.29, 0.717) is 32.6 Å². The maximum absolute atomic E-state index is 12.9. The first kappa shape index (κ1) is 18.8. The summed E-state index contributed by atoms with van der Waals surface area (Å²) < 4.78 is 35.9. The maximum Gasteiger partial charge on any atom is 0.227 e. The van der Waals surface area contributed by atoms with Crippen LogP contribution in [0.25, 0.3) is 0 Å². The quantitative estimate of drug-likeness (QED) is 0.774. The summed E-state index contributed by atoms with van der Waals surface area (Å²) in [6.07, 6.45) is 1.04. The summed E-state index contributed by atoms with van der Waals surface area (Å²) >= 11 is 0. The lowest BCUT2D eigenvalue weighted by atomic mass is 10.0. The lowest BCUT2D eigenvalue weighted by molar-refractivity contribution is -0.139. The zero-order valence-corrected chi connectivity index (χ0v) is 15.4. The molecule has 8 heteroatoms. The van der Waals surface area contributed by atoms with E-state index in [2.05, 4.69) is 0 Å². The van der Waals surface area contributed by atoms with E-state index in [-0.39, 0.29) is 47.9 Å². The molecule has 0 N–H and O–H groups in total. The van der Waals surface area contributed by atoms with Gasteiger partial charge in [0.1, 0.15) is 5.82 Å². The molecule has 2 aliphatic rings. The predicted molar refractivity (Wildman–Crippen MR) is 94.6 cm³/mol. The van der Waals surface area contributed by atoms with Crippen molar-refractivity contribution in [1.82, 2.24) is 9.80 Å². The molecule has 0 saturated carbocycles. The number of hydrogen-bond donors (Lipinski definition) is 0. The molecule has 2 heterocycles. The highest BCUT2D eigenvalue weighted by Gasteiger charge is 2.32. The summed E-state index contributed by atoms with van der Waals surface area (Å²) in [6, 6.07) is 5.87. The molecule has 2 amide bonds. The van der Waals surface area contributed by atoms with E-state index < -0.39 is 9.84 Å². The number of hydrogen-bond acceptors (Lipinski definition) is 4. The van der Waals surface area contributed by atoms with E-state index >= 15 is 0 Å². The Labute approximate surface area is 152 Å².